The third-order valence-electron chi connectivity index (χ3n) is 3.73. The summed E-state index contributed by atoms with van der Waals surface area (Å²) in [5.41, 5.74) is 7.58. The van der Waals surface area contributed by atoms with E-state index < -0.39 is 0 Å². The molecular formula is C17H24N4O3. The molecule has 1 unspecified atom stereocenters. The first kappa shape index (κ1) is 17.9. The Morgan fingerprint density at radius 1 is 1.42 bits per heavy atom. The minimum absolute atomic E-state index is 0.00383. The average molecular weight is 332 g/mol. The topological polar surface area (TPSA) is 94.5 Å². The molecule has 7 nitrogen and oxygen atoms in total. The van der Waals surface area contributed by atoms with Crippen LogP contribution in [-0.4, -0.2) is 34.6 Å². The molecule has 0 fully saturated rings. The molecule has 0 aliphatic rings. The molecule has 1 aromatic heterocycles. The Morgan fingerprint density at radius 2 is 2.17 bits per heavy atom. The molecule has 24 heavy (non-hydrogen) atoms. The summed E-state index contributed by atoms with van der Waals surface area (Å²) < 4.78 is 10.6. The standard InChI is InChI=1S/C17H24N4O3/c1-4-23-12(2)17-19-15(24-20-17)11-21(3)16(22)10-9-13-7-5-6-8-14(13)18/h5-8,12H,4,9-11,18H2,1-3H3. The van der Waals surface area contributed by atoms with Crippen molar-refractivity contribution in [2.45, 2.75) is 39.3 Å². The zero-order valence-electron chi connectivity index (χ0n) is 14.4. The third kappa shape index (κ3) is 4.79. The lowest BCUT2D eigenvalue weighted by molar-refractivity contribution is -0.130. The summed E-state index contributed by atoms with van der Waals surface area (Å²) in [6.45, 7) is 4.61. The van der Waals surface area contributed by atoms with Crippen molar-refractivity contribution in [1.29, 1.82) is 0 Å². The molecule has 130 valence electrons. The van der Waals surface area contributed by atoms with Crippen LogP contribution in [0.15, 0.2) is 28.8 Å². The lowest BCUT2D eigenvalue weighted by Gasteiger charge is -2.15. The maximum absolute atomic E-state index is 12.2. The second-order valence-corrected chi connectivity index (χ2v) is 5.59. The highest BCUT2D eigenvalue weighted by molar-refractivity contribution is 5.76. The summed E-state index contributed by atoms with van der Waals surface area (Å²) in [5, 5.41) is 3.89. The van der Waals surface area contributed by atoms with Gasteiger partial charge in [0.15, 0.2) is 5.82 Å². The van der Waals surface area contributed by atoms with Crippen LogP contribution in [0.4, 0.5) is 5.69 Å². The highest BCUT2D eigenvalue weighted by atomic mass is 16.5. The quantitative estimate of drug-likeness (QED) is 0.746. The van der Waals surface area contributed by atoms with E-state index in [4.69, 9.17) is 15.0 Å². The van der Waals surface area contributed by atoms with Gasteiger partial charge in [0.25, 0.3) is 0 Å². The fourth-order valence-corrected chi connectivity index (χ4v) is 2.31. The highest BCUT2D eigenvalue weighted by Crippen LogP contribution is 2.15. The molecule has 2 aromatic rings. The number of nitrogens with zero attached hydrogens (tertiary/aromatic N) is 3. The van der Waals surface area contributed by atoms with E-state index in [1.807, 2.05) is 38.1 Å². The number of hydrogen-bond acceptors (Lipinski definition) is 6. The Morgan fingerprint density at radius 3 is 2.88 bits per heavy atom. The second kappa shape index (κ2) is 8.44. The number of benzene rings is 1. The monoisotopic (exact) mass is 332 g/mol. The predicted octanol–water partition coefficient (Wildman–Crippen LogP) is 2.34. The third-order valence-corrected chi connectivity index (χ3v) is 3.73. The summed E-state index contributed by atoms with van der Waals surface area (Å²) in [6, 6.07) is 7.56. The van der Waals surface area contributed by atoms with Crippen LogP contribution in [0.1, 0.15) is 43.7 Å². The van der Waals surface area contributed by atoms with E-state index in [2.05, 4.69) is 10.1 Å². The van der Waals surface area contributed by atoms with Gasteiger partial charge in [0.2, 0.25) is 11.8 Å². The summed E-state index contributed by atoms with van der Waals surface area (Å²) in [5.74, 6) is 0.882. The number of nitrogen functional groups attached to an aromatic ring is 1. The van der Waals surface area contributed by atoms with Crippen LogP contribution < -0.4 is 5.73 Å². The highest BCUT2D eigenvalue weighted by Gasteiger charge is 2.17. The van der Waals surface area contributed by atoms with Gasteiger partial charge in [-0.15, -0.1) is 0 Å². The molecule has 7 heteroatoms. The molecule has 0 bridgehead atoms. The SMILES string of the molecule is CCOC(C)c1noc(CN(C)C(=O)CCc2ccccc2N)n1. The van der Waals surface area contributed by atoms with E-state index in [1.165, 1.54) is 0 Å². The number of carbonyl (C=O) groups excluding carboxylic acids is 1. The van der Waals surface area contributed by atoms with Crippen LogP contribution in [0.3, 0.4) is 0 Å². The number of aromatic nitrogens is 2. The van der Waals surface area contributed by atoms with E-state index >= 15 is 0 Å². The maximum atomic E-state index is 12.2. The Labute approximate surface area is 141 Å². The summed E-state index contributed by atoms with van der Waals surface area (Å²) in [7, 11) is 1.71. The van der Waals surface area contributed by atoms with E-state index in [0.717, 1.165) is 5.56 Å². The molecule has 0 saturated carbocycles. The first-order chi connectivity index (χ1) is 11.5. The largest absolute Gasteiger partial charge is 0.399 e. The van der Waals surface area contributed by atoms with Crippen LogP contribution in [0, 0.1) is 0 Å². The average Bonchev–Trinajstić information content (AvgIpc) is 3.02. The number of carbonyl (C=O) groups is 1. The fraction of sp³-hybridized carbons (Fsp3) is 0.471. The van der Waals surface area contributed by atoms with E-state index in [0.29, 0.717) is 36.9 Å². The van der Waals surface area contributed by atoms with Gasteiger partial charge in [0.05, 0.1) is 6.54 Å². The fourth-order valence-electron chi connectivity index (χ4n) is 2.31. The zero-order valence-corrected chi connectivity index (χ0v) is 14.4. The molecule has 1 heterocycles. The van der Waals surface area contributed by atoms with Crippen molar-refractivity contribution in [3.8, 4) is 0 Å². The molecule has 0 spiro atoms. The molecule has 2 N–H and O–H groups in total. The first-order valence-electron chi connectivity index (χ1n) is 8.02. The molecule has 0 aliphatic carbocycles. The van der Waals surface area contributed by atoms with Crippen LogP contribution in [-0.2, 0) is 22.5 Å². The van der Waals surface area contributed by atoms with Gasteiger partial charge in [-0.1, -0.05) is 23.4 Å². The van der Waals surface area contributed by atoms with E-state index in [-0.39, 0.29) is 18.6 Å². The second-order valence-electron chi connectivity index (χ2n) is 5.59. The smallest absolute Gasteiger partial charge is 0.246 e. The van der Waals surface area contributed by atoms with Gasteiger partial charge in [-0.25, -0.2) is 0 Å². The number of nitrogens with two attached hydrogens (primary N) is 1. The number of para-hydroxylation sites is 1. The number of ether oxygens (including phenoxy) is 1. The van der Waals surface area contributed by atoms with Crippen molar-refractivity contribution >= 4 is 11.6 Å². The summed E-state index contributed by atoms with van der Waals surface area (Å²) >= 11 is 0. The summed E-state index contributed by atoms with van der Waals surface area (Å²) in [6.07, 6.45) is 0.752. The van der Waals surface area contributed by atoms with Gasteiger partial charge in [-0.2, -0.15) is 4.98 Å². The lowest BCUT2D eigenvalue weighted by Crippen LogP contribution is -2.26. The van der Waals surface area contributed by atoms with Gasteiger partial charge in [-0.3, -0.25) is 4.79 Å². The molecule has 0 radical (unpaired) electrons. The van der Waals surface area contributed by atoms with Crippen molar-refractivity contribution in [3.05, 3.63) is 41.5 Å². The normalized spacial score (nSPS) is 12.1. The molecular weight excluding hydrogens is 308 g/mol. The Balaban J connectivity index is 1.86. The Bertz CT molecular complexity index is 671. The molecule has 1 aromatic carbocycles. The lowest BCUT2D eigenvalue weighted by atomic mass is 10.1. The predicted molar refractivity (Wildman–Crippen MR) is 90.0 cm³/mol. The Hall–Kier alpha value is -2.41. The maximum Gasteiger partial charge on any atom is 0.246 e. The van der Waals surface area contributed by atoms with Crippen molar-refractivity contribution in [2.24, 2.45) is 0 Å². The number of anilines is 1. The molecule has 1 amide bonds. The van der Waals surface area contributed by atoms with Crippen molar-refractivity contribution in [1.82, 2.24) is 15.0 Å². The number of rotatable bonds is 8. The minimum atomic E-state index is -0.227. The van der Waals surface area contributed by atoms with Crippen LogP contribution >= 0.6 is 0 Å². The molecule has 2 rings (SSSR count). The zero-order chi connectivity index (χ0) is 17.5. The Kier molecular flexibility index (Phi) is 6.31. The van der Waals surface area contributed by atoms with E-state index in [9.17, 15) is 4.79 Å². The van der Waals surface area contributed by atoms with Crippen LogP contribution in [0.5, 0.6) is 0 Å². The molecule has 0 aliphatic heterocycles. The van der Waals surface area contributed by atoms with Gasteiger partial charge in [0, 0.05) is 25.8 Å². The number of amides is 1. The van der Waals surface area contributed by atoms with Gasteiger partial charge in [-0.05, 0) is 31.9 Å². The van der Waals surface area contributed by atoms with Crippen molar-refractivity contribution in [2.75, 3.05) is 19.4 Å². The van der Waals surface area contributed by atoms with Crippen molar-refractivity contribution in [3.63, 3.8) is 0 Å². The van der Waals surface area contributed by atoms with Gasteiger partial charge < -0.3 is 19.9 Å². The number of hydrogen-bond donors (Lipinski definition) is 1. The molecule has 0 saturated heterocycles. The van der Waals surface area contributed by atoms with Crippen molar-refractivity contribution < 1.29 is 14.1 Å². The van der Waals surface area contributed by atoms with Gasteiger partial charge in [0.1, 0.15) is 6.10 Å². The van der Waals surface area contributed by atoms with Crippen LogP contribution in [0.25, 0.3) is 0 Å². The minimum Gasteiger partial charge on any atom is -0.399 e. The van der Waals surface area contributed by atoms with Crippen LogP contribution in [0.2, 0.25) is 0 Å². The van der Waals surface area contributed by atoms with Gasteiger partial charge >= 0.3 is 0 Å². The van der Waals surface area contributed by atoms with E-state index in [1.54, 1.807) is 11.9 Å². The molecule has 1 atom stereocenters. The number of aryl methyl sites for hydroxylation is 1. The first-order valence-corrected chi connectivity index (χ1v) is 8.02. The summed E-state index contributed by atoms with van der Waals surface area (Å²) in [4.78, 5) is 18.1.